The minimum absolute atomic E-state index is 0.0458. The number of furan rings is 1. The molecule has 2 rings (SSSR count). The average Bonchev–Trinajstić information content (AvgIpc) is 2.92. The number of hydrogen-bond donors (Lipinski definition) is 0. The van der Waals surface area contributed by atoms with Gasteiger partial charge in [-0.05, 0) is 24.6 Å². The summed E-state index contributed by atoms with van der Waals surface area (Å²) < 4.78 is 15.0. The number of benzene rings is 1. The molecule has 1 aromatic heterocycles. The predicted octanol–water partition coefficient (Wildman–Crippen LogP) is 3.13. The van der Waals surface area contributed by atoms with Gasteiger partial charge in [0.1, 0.15) is 12.4 Å². The van der Waals surface area contributed by atoms with Gasteiger partial charge in [-0.1, -0.05) is 30.3 Å². The molecule has 2 aromatic rings. The fraction of sp³-hybridized carbons (Fsp3) is 0.176. The summed E-state index contributed by atoms with van der Waals surface area (Å²) in [4.78, 5) is 23.0. The van der Waals surface area contributed by atoms with Crippen molar-refractivity contribution >= 4 is 18.0 Å². The summed E-state index contributed by atoms with van der Waals surface area (Å²) in [5.74, 6) is -0.538. The van der Waals surface area contributed by atoms with E-state index in [0.29, 0.717) is 11.3 Å². The van der Waals surface area contributed by atoms with Gasteiger partial charge in [0.05, 0.1) is 7.11 Å². The van der Waals surface area contributed by atoms with Gasteiger partial charge in [0.15, 0.2) is 0 Å². The van der Waals surface area contributed by atoms with Crippen molar-refractivity contribution in [2.24, 2.45) is 0 Å². The smallest absolute Gasteiger partial charge is 0.374 e. The highest BCUT2D eigenvalue weighted by molar-refractivity contribution is 5.88. The molecular formula is C17H16O5. The maximum atomic E-state index is 11.6. The van der Waals surface area contributed by atoms with E-state index >= 15 is 0 Å². The van der Waals surface area contributed by atoms with Crippen LogP contribution in [0.5, 0.6) is 0 Å². The van der Waals surface area contributed by atoms with Crippen LogP contribution in [-0.2, 0) is 20.9 Å². The maximum absolute atomic E-state index is 11.6. The number of aryl methyl sites for hydroxylation is 1. The van der Waals surface area contributed by atoms with Crippen molar-refractivity contribution in [2.45, 2.75) is 13.5 Å². The third-order valence-electron chi connectivity index (χ3n) is 2.91. The molecule has 0 unspecified atom stereocenters. The van der Waals surface area contributed by atoms with Gasteiger partial charge in [0.2, 0.25) is 5.76 Å². The Balaban J connectivity index is 1.91. The van der Waals surface area contributed by atoms with Crippen LogP contribution in [0.15, 0.2) is 46.9 Å². The molecule has 22 heavy (non-hydrogen) atoms. The zero-order valence-corrected chi connectivity index (χ0v) is 12.4. The number of methoxy groups -OCH3 is 1. The Morgan fingerprint density at radius 1 is 1.23 bits per heavy atom. The molecule has 0 fully saturated rings. The van der Waals surface area contributed by atoms with E-state index in [0.717, 1.165) is 5.56 Å². The van der Waals surface area contributed by atoms with Crippen LogP contribution in [0.1, 0.15) is 27.4 Å². The second-order valence-corrected chi connectivity index (χ2v) is 4.57. The molecule has 0 aliphatic rings. The van der Waals surface area contributed by atoms with Gasteiger partial charge in [-0.2, -0.15) is 0 Å². The van der Waals surface area contributed by atoms with Gasteiger partial charge in [0, 0.05) is 11.6 Å². The molecule has 0 radical (unpaired) electrons. The lowest BCUT2D eigenvalue weighted by Gasteiger charge is -1.99. The molecule has 5 heteroatoms. The SMILES string of the molecule is COC(=O)c1oc(COC(=O)/C=C/c2ccccc2)cc1C. The van der Waals surface area contributed by atoms with Crippen LogP contribution in [0.3, 0.4) is 0 Å². The molecule has 0 saturated heterocycles. The largest absolute Gasteiger partial charge is 0.463 e. The van der Waals surface area contributed by atoms with Crippen LogP contribution in [-0.4, -0.2) is 19.0 Å². The molecule has 1 aromatic carbocycles. The van der Waals surface area contributed by atoms with Gasteiger partial charge < -0.3 is 13.9 Å². The number of carbonyl (C=O) groups excluding carboxylic acids is 2. The fourth-order valence-electron chi connectivity index (χ4n) is 1.83. The van der Waals surface area contributed by atoms with Gasteiger partial charge >= 0.3 is 11.9 Å². The van der Waals surface area contributed by atoms with Gasteiger partial charge in [0.25, 0.3) is 0 Å². The molecule has 0 saturated carbocycles. The lowest BCUT2D eigenvalue weighted by Crippen LogP contribution is -2.01. The second-order valence-electron chi connectivity index (χ2n) is 4.57. The number of hydrogen-bond acceptors (Lipinski definition) is 5. The molecular weight excluding hydrogens is 284 g/mol. The highest BCUT2D eigenvalue weighted by atomic mass is 16.5. The predicted molar refractivity (Wildman–Crippen MR) is 80.1 cm³/mol. The summed E-state index contributed by atoms with van der Waals surface area (Å²) in [6, 6.07) is 11.1. The van der Waals surface area contributed by atoms with Crippen molar-refractivity contribution in [3.8, 4) is 0 Å². The van der Waals surface area contributed by atoms with Crippen molar-refractivity contribution in [3.63, 3.8) is 0 Å². The lowest BCUT2D eigenvalue weighted by molar-refractivity contribution is -0.139. The first-order valence-electron chi connectivity index (χ1n) is 6.67. The van der Waals surface area contributed by atoms with Crippen molar-refractivity contribution < 1.29 is 23.5 Å². The van der Waals surface area contributed by atoms with E-state index in [4.69, 9.17) is 9.15 Å². The lowest BCUT2D eigenvalue weighted by atomic mass is 10.2. The van der Waals surface area contributed by atoms with E-state index in [1.807, 2.05) is 30.3 Å². The first-order valence-corrected chi connectivity index (χ1v) is 6.67. The maximum Gasteiger partial charge on any atom is 0.374 e. The van der Waals surface area contributed by atoms with Gasteiger partial charge in [-0.3, -0.25) is 0 Å². The number of ether oxygens (including phenoxy) is 2. The normalized spacial score (nSPS) is 10.6. The highest BCUT2D eigenvalue weighted by Gasteiger charge is 2.16. The molecule has 0 aliphatic heterocycles. The van der Waals surface area contributed by atoms with E-state index in [2.05, 4.69) is 4.74 Å². The molecule has 0 amide bonds. The summed E-state index contributed by atoms with van der Waals surface area (Å²) >= 11 is 0. The van der Waals surface area contributed by atoms with E-state index < -0.39 is 11.9 Å². The van der Waals surface area contributed by atoms with E-state index in [1.165, 1.54) is 13.2 Å². The van der Waals surface area contributed by atoms with Crippen LogP contribution < -0.4 is 0 Å². The van der Waals surface area contributed by atoms with E-state index in [-0.39, 0.29) is 12.4 Å². The molecule has 0 N–H and O–H groups in total. The summed E-state index contributed by atoms with van der Waals surface area (Å²) in [6.07, 6.45) is 3.00. The minimum Gasteiger partial charge on any atom is -0.463 e. The Labute approximate surface area is 128 Å². The van der Waals surface area contributed by atoms with E-state index in [1.54, 1.807) is 19.1 Å². The number of carbonyl (C=O) groups is 2. The Kier molecular flexibility index (Phi) is 5.14. The molecule has 1 heterocycles. The van der Waals surface area contributed by atoms with Crippen LogP contribution in [0.4, 0.5) is 0 Å². The monoisotopic (exact) mass is 300 g/mol. The molecule has 5 nitrogen and oxygen atoms in total. The second kappa shape index (κ2) is 7.26. The highest BCUT2D eigenvalue weighted by Crippen LogP contribution is 2.16. The third-order valence-corrected chi connectivity index (χ3v) is 2.91. The van der Waals surface area contributed by atoms with E-state index in [9.17, 15) is 9.59 Å². The Morgan fingerprint density at radius 2 is 1.95 bits per heavy atom. The topological polar surface area (TPSA) is 65.7 Å². The molecule has 0 atom stereocenters. The Hall–Kier alpha value is -2.82. The quantitative estimate of drug-likeness (QED) is 0.627. The zero-order valence-electron chi connectivity index (χ0n) is 12.4. The first kappa shape index (κ1) is 15.6. The summed E-state index contributed by atoms with van der Waals surface area (Å²) in [6.45, 7) is 1.67. The van der Waals surface area contributed by atoms with Crippen LogP contribution >= 0.6 is 0 Å². The average molecular weight is 300 g/mol. The van der Waals surface area contributed by atoms with Crippen molar-refractivity contribution in [1.82, 2.24) is 0 Å². The first-order chi connectivity index (χ1) is 10.6. The molecule has 114 valence electrons. The van der Waals surface area contributed by atoms with Crippen molar-refractivity contribution in [3.05, 3.63) is 65.1 Å². The summed E-state index contributed by atoms with van der Waals surface area (Å²) in [5, 5.41) is 0. The molecule has 0 bridgehead atoms. The number of esters is 2. The molecule has 0 aliphatic carbocycles. The molecule has 0 spiro atoms. The minimum atomic E-state index is -0.556. The Morgan fingerprint density at radius 3 is 2.64 bits per heavy atom. The van der Waals surface area contributed by atoms with Crippen molar-refractivity contribution in [1.29, 1.82) is 0 Å². The fourth-order valence-corrected chi connectivity index (χ4v) is 1.83. The zero-order chi connectivity index (χ0) is 15.9. The van der Waals surface area contributed by atoms with Gasteiger partial charge in [-0.25, -0.2) is 9.59 Å². The third kappa shape index (κ3) is 4.09. The summed E-state index contributed by atoms with van der Waals surface area (Å²) in [5.41, 5.74) is 1.54. The Bertz CT molecular complexity index is 682. The standard InChI is InChI=1S/C17H16O5/c1-12-10-14(22-16(12)17(19)20-2)11-21-15(18)9-8-13-6-4-3-5-7-13/h3-10H,11H2,1-2H3/b9-8+. The van der Waals surface area contributed by atoms with Gasteiger partial charge in [-0.15, -0.1) is 0 Å². The van der Waals surface area contributed by atoms with Crippen molar-refractivity contribution in [2.75, 3.05) is 7.11 Å². The van der Waals surface area contributed by atoms with Crippen LogP contribution in [0.25, 0.3) is 6.08 Å². The number of rotatable bonds is 5. The van der Waals surface area contributed by atoms with Crippen LogP contribution in [0.2, 0.25) is 0 Å². The summed E-state index contributed by atoms with van der Waals surface area (Å²) in [7, 11) is 1.28. The van der Waals surface area contributed by atoms with Crippen LogP contribution in [0, 0.1) is 6.92 Å².